The van der Waals surface area contributed by atoms with Gasteiger partial charge in [0.1, 0.15) is 12.2 Å². The minimum absolute atomic E-state index is 0.668. The van der Waals surface area contributed by atoms with E-state index in [1.165, 1.54) is 0 Å². The Hall–Kier alpha value is -1.24. The molecule has 2 rings (SSSR count). The van der Waals surface area contributed by atoms with Crippen molar-refractivity contribution in [3.8, 4) is 0 Å². The van der Waals surface area contributed by atoms with Crippen molar-refractivity contribution in [2.45, 2.75) is 19.9 Å². The smallest absolute Gasteiger partial charge is 0.191 e. The normalized spacial score (nSPS) is 17.2. The number of hydrogen-bond donors (Lipinski definition) is 1. The molecular weight excluding hydrogens is 248 g/mol. The van der Waals surface area contributed by atoms with Gasteiger partial charge in [0.2, 0.25) is 0 Å². The third-order valence-corrected chi connectivity index (χ3v) is 3.90. The summed E-state index contributed by atoms with van der Waals surface area (Å²) in [6.07, 6.45) is 2.64. The van der Waals surface area contributed by atoms with Gasteiger partial charge in [-0.15, -0.1) is 10.2 Å². The van der Waals surface area contributed by atoms with Crippen molar-refractivity contribution in [3.05, 3.63) is 12.2 Å². The van der Waals surface area contributed by atoms with Crippen LogP contribution in [0.25, 0.3) is 0 Å². The Balaban J connectivity index is 1.83. The minimum atomic E-state index is 0.668. The molecule has 0 bridgehead atoms. The lowest BCUT2D eigenvalue weighted by atomic mass is 10.4. The van der Waals surface area contributed by atoms with Crippen LogP contribution >= 0.6 is 11.8 Å². The molecule has 2 N–H and O–H groups in total. The SMILES string of the molecule is CCc1nncn1CCN=C(N)N1CCSCC1. The number of aromatic nitrogens is 3. The van der Waals surface area contributed by atoms with E-state index in [0.717, 1.165) is 43.4 Å². The first-order chi connectivity index (χ1) is 8.81. The summed E-state index contributed by atoms with van der Waals surface area (Å²) in [6.45, 7) is 5.56. The van der Waals surface area contributed by atoms with Gasteiger partial charge in [-0.3, -0.25) is 4.99 Å². The lowest BCUT2D eigenvalue weighted by Gasteiger charge is -2.27. The molecule has 0 aliphatic carbocycles. The lowest BCUT2D eigenvalue weighted by molar-refractivity contribution is 0.455. The van der Waals surface area contributed by atoms with Crippen LogP contribution in [0.15, 0.2) is 11.3 Å². The van der Waals surface area contributed by atoms with Gasteiger partial charge in [-0.1, -0.05) is 6.92 Å². The van der Waals surface area contributed by atoms with E-state index < -0.39 is 0 Å². The Morgan fingerprint density at radius 1 is 1.50 bits per heavy atom. The summed E-state index contributed by atoms with van der Waals surface area (Å²) in [5.41, 5.74) is 5.98. The maximum atomic E-state index is 5.98. The van der Waals surface area contributed by atoms with Crippen molar-refractivity contribution in [1.29, 1.82) is 0 Å². The van der Waals surface area contributed by atoms with E-state index in [4.69, 9.17) is 5.73 Å². The van der Waals surface area contributed by atoms with Gasteiger partial charge in [-0.05, 0) is 0 Å². The summed E-state index contributed by atoms with van der Waals surface area (Å²) >= 11 is 1.97. The van der Waals surface area contributed by atoms with Crippen molar-refractivity contribution < 1.29 is 0 Å². The second-order valence-electron chi connectivity index (χ2n) is 4.13. The fourth-order valence-corrected chi connectivity index (χ4v) is 2.81. The Labute approximate surface area is 112 Å². The number of nitrogens with zero attached hydrogens (tertiary/aromatic N) is 5. The molecule has 0 atom stereocenters. The molecule has 0 spiro atoms. The van der Waals surface area contributed by atoms with E-state index in [2.05, 4.69) is 27.0 Å². The molecule has 1 saturated heterocycles. The van der Waals surface area contributed by atoms with Crippen molar-refractivity contribution in [1.82, 2.24) is 19.7 Å². The van der Waals surface area contributed by atoms with E-state index in [1.807, 2.05) is 16.3 Å². The topological polar surface area (TPSA) is 72.3 Å². The molecule has 0 aromatic carbocycles. The first-order valence-corrected chi connectivity index (χ1v) is 7.46. The van der Waals surface area contributed by atoms with Crippen LogP contribution < -0.4 is 5.73 Å². The highest BCUT2D eigenvalue weighted by molar-refractivity contribution is 7.99. The van der Waals surface area contributed by atoms with Gasteiger partial charge >= 0.3 is 0 Å². The van der Waals surface area contributed by atoms with E-state index in [1.54, 1.807) is 6.33 Å². The number of nitrogens with two attached hydrogens (primary N) is 1. The molecule has 1 aromatic heterocycles. The number of thioether (sulfide) groups is 1. The molecule has 2 heterocycles. The Morgan fingerprint density at radius 2 is 2.28 bits per heavy atom. The molecule has 0 unspecified atom stereocenters. The monoisotopic (exact) mass is 268 g/mol. The molecule has 1 aliphatic rings. The second kappa shape index (κ2) is 6.63. The summed E-state index contributed by atoms with van der Waals surface area (Å²) in [5, 5.41) is 7.94. The molecule has 6 nitrogen and oxygen atoms in total. The predicted molar refractivity (Wildman–Crippen MR) is 74.8 cm³/mol. The van der Waals surface area contributed by atoms with Crippen LogP contribution in [0.1, 0.15) is 12.7 Å². The van der Waals surface area contributed by atoms with E-state index >= 15 is 0 Å². The van der Waals surface area contributed by atoms with Gasteiger partial charge in [-0.2, -0.15) is 11.8 Å². The van der Waals surface area contributed by atoms with Gasteiger partial charge in [0.25, 0.3) is 0 Å². The number of aliphatic imine (C=N–C) groups is 1. The van der Waals surface area contributed by atoms with E-state index in [-0.39, 0.29) is 0 Å². The quantitative estimate of drug-likeness (QED) is 0.624. The second-order valence-corrected chi connectivity index (χ2v) is 5.36. The van der Waals surface area contributed by atoms with Crippen LogP contribution in [0, 0.1) is 0 Å². The van der Waals surface area contributed by atoms with Crippen molar-refractivity contribution in [3.63, 3.8) is 0 Å². The average molecular weight is 268 g/mol. The average Bonchev–Trinajstić information content (AvgIpc) is 2.87. The molecule has 1 aromatic rings. The van der Waals surface area contributed by atoms with Crippen LogP contribution in [0.4, 0.5) is 0 Å². The van der Waals surface area contributed by atoms with Crippen molar-refractivity contribution in [2.24, 2.45) is 10.7 Å². The van der Waals surface area contributed by atoms with Crippen molar-refractivity contribution >= 4 is 17.7 Å². The first-order valence-electron chi connectivity index (χ1n) is 6.30. The van der Waals surface area contributed by atoms with Gasteiger partial charge < -0.3 is 15.2 Å². The van der Waals surface area contributed by atoms with Crippen LogP contribution in [-0.2, 0) is 13.0 Å². The van der Waals surface area contributed by atoms with Gasteiger partial charge in [0.15, 0.2) is 5.96 Å². The zero-order chi connectivity index (χ0) is 12.8. The summed E-state index contributed by atoms with van der Waals surface area (Å²) in [4.78, 5) is 6.59. The third kappa shape index (κ3) is 3.38. The summed E-state index contributed by atoms with van der Waals surface area (Å²) in [7, 11) is 0. The zero-order valence-corrected chi connectivity index (χ0v) is 11.6. The molecule has 0 saturated carbocycles. The highest BCUT2D eigenvalue weighted by Crippen LogP contribution is 2.08. The van der Waals surface area contributed by atoms with Crippen LogP contribution in [0.3, 0.4) is 0 Å². The molecular formula is C11H20N6S. The minimum Gasteiger partial charge on any atom is -0.370 e. The van der Waals surface area contributed by atoms with Gasteiger partial charge in [-0.25, -0.2) is 0 Å². The summed E-state index contributed by atoms with van der Waals surface area (Å²) < 4.78 is 2.03. The van der Waals surface area contributed by atoms with Gasteiger partial charge in [0.05, 0.1) is 6.54 Å². The predicted octanol–water partition coefficient (Wildman–Crippen LogP) is 0.204. The number of guanidine groups is 1. The fraction of sp³-hybridized carbons (Fsp3) is 0.727. The largest absolute Gasteiger partial charge is 0.370 e. The highest BCUT2D eigenvalue weighted by Gasteiger charge is 2.11. The van der Waals surface area contributed by atoms with E-state index in [9.17, 15) is 0 Å². The highest BCUT2D eigenvalue weighted by atomic mass is 32.2. The molecule has 0 amide bonds. The zero-order valence-electron chi connectivity index (χ0n) is 10.7. The Kier molecular flexibility index (Phi) is 4.86. The maximum Gasteiger partial charge on any atom is 0.191 e. The molecule has 1 fully saturated rings. The first kappa shape index (κ1) is 13.2. The fourth-order valence-electron chi connectivity index (χ4n) is 1.90. The maximum absolute atomic E-state index is 5.98. The molecule has 18 heavy (non-hydrogen) atoms. The van der Waals surface area contributed by atoms with Crippen LogP contribution in [0.2, 0.25) is 0 Å². The third-order valence-electron chi connectivity index (χ3n) is 2.96. The summed E-state index contributed by atoms with van der Waals surface area (Å²) in [6, 6.07) is 0. The Bertz CT molecular complexity index is 396. The number of rotatable bonds is 4. The lowest BCUT2D eigenvalue weighted by Crippen LogP contribution is -2.42. The molecule has 0 radical (unpaired) electrons. The molecule has 1 aliphatic heterocycles. The molecule has 100 valence electrons. The number of aryl methyl sites for hydroxylation is 1. The van der Waals surface area contributed by atoms with Crippen LogP contribution in [0.5, 0.6) is 0 Å². The van der Waals surface area contributed by atoms with Gasteiger partial charge in [0, 0.05) is 37.6 Å². The van der Waals surface area contributed by atoms with Crippen LogP contribution in [-0.4, -0.2) is 56.8 Å². The number of hydrogen-bond acceptors (Lipinski definition) is 4. The standard InChI is InChI=1S/C11H20N6S/c1-2-10-15-14-9-17(10)4-3-13-11(12)16-5-7-18-8-6-16/h9H,2-8H2,1H3,(H2,12,13). The Morgan fingerprint density at radius 3 is 3.00 bits per heavy atom. The van der Waals surface area contributed by atoms with E-state index in [0.29, 0.717) is 12.5 Å². The molecule has 7 heteroatoms. The van der Waals surface area contributed by atoms with Crippen molar-refractivity contribution in [2.75, 3.05) is 31.1 Å². The summed E-state index contributed by atoms with van der Waals surface area (Å²) in [5.74, 6) is 3.95.